The maximum atomic E-state index is 13.1. The number of alkyl halides is 3. The molecular formula is C21H17F3N6O3. The smallest absolute Gasteiger partial charge is 0.417 e. The average molecular weight is 458 g/mol. The molecule has 0 aliphatic carbocycles. The van der Waals surface area contributed by atoms with Crippen molar-refractivity contribution in [3.8, 4) is 23.2 Å². The van der Waals surface area contributed by atoms with E-state index in [0.717, 1.165) is 6.07 Å². The van der Waals surface area contributed by atoms with E-state index in [2.05, 4.69) is 25.6 Å². The molecule has 0 saturated heterocycles. The van der Waals surface area contributed by atoms with E-state index < -0.39 is 28.9 Å². The van der Waals surface area contributed by atoms with Gasteiger partial charge >= 0.3 is 12.2 Å². The monoisotopic (exact) mass is 458 g/mol. The molecule has 0 saturated carbocycles. The molecule has 0 atom stereocenters. The third-order valence-corrected chi connectivity index (χ3v) is 4.36. The van der Waals surface area contributed by atoms with Crippen molar-refractivity contribution in [3.05, 3.63) is 63.8 Å². The van der Waals surface area contributed by atoms with E-state index >= 15 is 0 Å². The Bertz CT molecular complexity index is 1300. The number of anilines is 2. The summed E-state index contributed by atoms with van der Waals surface area (Å²) in [6, 6.07) is 4.97. The Morgan fingerprint density at radius 2 is 2.03 bits per heavy atom. The largest absolute Gasteiger partial charge is 0.488 e. The number of carbonyl (C=O) groups excluding carboxylic acids is 1. The fourth-order valence-corrected chi connectivity index (χ4v) is 2.82. The lowest BCUT2D eigenvalue weighted by atomic mass is 10.1. The molecule has 2 aromatic heterocycles. The Balaban J connectivity index is 1.77. The summed E-state index contributed by atoms with van der Waals surface area (Å²) in [5.74, 6) is 0.371. The second-order valence-electron chi connectivity index (χ2n) is 6.66. The highest BCUT2D eigenvalue weighted by atomic mass is 19.4. The number of rotatable bonds is 5. The molecule has 3 N–H and O–H groups in total. The predicted octanol–water partition coefficient (Wildman–Crippen LogP) is 4.07. The van der Waals surface area contributed by atoms with Gasteiger partial charge in [-0.3, -0.25) is 4.79 Å². The topological polar surface area (TPSA) is 133 Å². The summed E-state index contributed by atoms with van der Waals surface area (Å²) in [6.45, 7) is 3.63. The third kappa shape index (κ3) is 5.45. The number of halogens is 3. The number of pyridine rings is 1. The van der Waals surface area contributed by atoms with Gasteiger partial charge in [-0.1, -0.05) is 0 Å². The molecule has 0 unspecified atom stereocenters. The van der Waals surface area contributed by atoms with Gasteiger partial charge in [-0.25, -0.2) is 14.8 Å². The number of aryl methyl sites for hydroxylation is 1. The SMILES string of the molecule is CCOc1cc(-c2ncc(NC(=O)Nc3ccc(C#N)c(C(F)(F)F)c3)c(C)n2)c[nH]c1=O. The van der Waals surface area contributed by atoms with E-state index in [1.54, 1.807) is 13.8 Å². The standard InChI is InChI=1S/C21H17F3N6O3/c1-3-33-17-6-13(9-27-19(17)31)18-26-10-16(11(2)28-18)30-20(32)29-14-5-4-12(8-25)15(7-14)21(22,23)24/h4-7,9-10H,3H2,1-2H3,(H,27,31)(H2,29,30,32). The van der Waals surface area contributed by atoms with E-state index in [1.165, 1.54) is 30.6 Å². The van der Waals surface area contributed by atoms with Crippen LogP contribution in [0.1, 0.15) is 23.7 Å². The maximum Gasteiger partial charge on any atom is 0.417 e. The minimum absolute atomic E-state index is 0.110. The van der Waals surface area contributed by atoms with Gasteiger partial charge in [0.05, 0.1) is 41.4 Å². The van der Waals surface area contributed by atoms with Crippen LogP contribution in [-0.2, 0) is 6.18 Å². The molecule has 3 aromatic rings. The van der Waals surface area contributed by atoms with Gasteiger partial charge in [0.15, 0.2) is 11.6 Å². The Labute approximate surface area is 185 Å². The van der Waals surface area contributed by atoms with Crippen molar-refractivity contribution in [2.75, 3.05) is 17.2 Å². The number of aromatic nitrogens is 3. The molecule has 0 aliphatic rings. The predicted molar refractivity (Wildman–Crippen MR) is 113 cm³/mol. The van der Waals surface area contributed by atoms with Crippen LogP contribution in [0.15, 0.2) is 41.5 Å². The van der Waals surface area contributed by atoms with Crippen molar-refractivity contribution in [2.45, 2.75) is 20.0 Å². The van der Waals surface area contributed by atoms with Crippen LogP contribution in [-0.4, -0.2) is 27.6 Å². The van der Waals surface area contributed by atoms with Gasteiger partial charge in [-0.05, 0) is 38.1 Å². The second kappa shape index (κ2) is 9.39. The van der Waals surface area contributed by atoms with Crippen LogP contribution < -0.4 is 20.9 Å². The maximum absolute atomic E-state index is 13.1. The highest BCUT2D eigenvalue weighted by Gasteiger charge is 2.34. The van der Waals surface area contributed by atoms with Gasteiger partial charge < -0.3 is 20.4 Å². The molecule has 0 aliphatic heterocycles. The molecule has 0 spiro atoms. The Kier molecular flexibility index (Phi) is 6.62. The molecule has 0 radical (unpaired) electrons. The first-order chi connectivity index (χ1) is 15.6. The molecule has 33 heavy (non-hydrogen) atoms. The normalized spacial score (nSPS) is 10.9. The molecule has 0 bridgehead atoms. The van der Waals surface area contributed by atoms with Crippen molar-refractivity contribution < 1.29 is 22.7 Å². The number of carbonyl (C=O) groups is 1. The Hall–Kier alpha value is -4.40. The first kappa shape index (κ1) is 23.3. The summed E-state index contributed by atoms with van der Waals surface area (Å²) in [5, 5.41) is 13.6. The van der Waals surface area contributed by atoms with Crippen LogP contribution in [0, 0.1) is 18.3 Å². The van der Waals surface area contributed by atoms with Crippen LogP contribution >= 0.6 is 0 Å². The number of nitrogens with one attached hydrogen (secondary N) is 3. The Morgan fingerprint density at radius 1 is 1.27 bits per heavy atom. The van der Waals surface area contributed by atoms with Gasteiger partial charge in [0, 0.05) is 17.4 Å². The summed E-state index contributed by atoms with van der Waals surface area (Å²) in [5.41, 5.74) is -1.18. The summed E-state index contributed by atoms with van der Waals surface area (Å²) in [7, 11) is 0. The number of benzene rings is 1. The average Bonchev–Trinajstić information content (AvgIpc) is 2.76. The molecule has 170 valence electrons. The lowest BCUT2D eigenvalue weighted by Crippen LogP contribution is -2.21. The van der Waals surface area contributed by atoms with Gasteiger partial charge in [0.2, 0.25) is 0 Å². The lowest BCUT2D eigenvalue weighted by molar-refractivity contribution is -0.137. The highest BCUT2D eigenvalue weighted by Crippen LogP contribution is 2.33. The van der Waals surface area contributed by atoms with Crippen LogP contribution in [0.4, 0.5) is 29.3 Å². The first-order valence-electron chi connectivity index (χ1n) is 9.51. The number of amides is 2. The molecule has 2 amide bonds. The lowest BCUT2D eigenvalue weighted by Gasteiger charge is -2.13. The number of hydrogen-bond donors (Lipinski definition) is 3. The van der Waals surface area contributed by atoms with Crippen LogP contribution in [0.3, 0.4) is 0 Å². The molecule has 0 fully saturated rings. The molecule has 9 nitrogen and oxygen atoms in total. The van der Waals surface area contributed by atoms with E-state index in [-0.39, 0.29) is 22.9 Å². The number of H-pyrrole nitrogens is 1. The molecule has 2 heterocycles. The molecule has 1 aromatic carbocycles. The van der Waals surface area contributed by atoms with E-state index in [0.29, 0.717) is 23.9 Å². The van der Waals surface area contributed by atoms with Gasteiger partial charge in [0.25, 0.3) is 5.56 Å². The fraction of sp³-hybridized carbons (Fsp3) is 0.190. The molecule has 3 rings (SSSR count). The number of aromatic amines is 1. The number of urea groups is 1. The minimum atomic E-state index is -4.75. The number of nitriles is 1. The summed E-state index contributed by atoms with van der Waals surface area (Å²) >= 11 is 0. The van der Waals surface area contributed by atoms with Crippen LogP contribution in [0.2, 0.25) is 0 Å². The number of nitrogens with zero attached hydrogens (tertiary/aromatic N) is 3. The zero-order valence-corrected chi connectivity index (χ0v) is 17.4. The van der Waals surface area contributed by atoms with Crippen molar-refractivity contribution in [2.24, 2.45) is 0 Å². The highest BCUT2D eigenvalue weighted by molar-refractivity contribution is 6.00. The van der Waals surface area contributed by atoms with Crippen molar-refractivity contribution >= 4 is 17.4 Å². The van der Waals surface area contributed by atoms with Crippen LogP contribution in [0.5, 0.6) is 5.75 Å². The van der Waals surface area contributed by atoms with Gasteiger partial charge in [-0.2, -0.15) is 18.4 Å². The fourth-order valence-electron chi connectivity index (χ4n) is 2.82. The van der Waals surface area contributed by atoms with Crippen LogP contribution in [0.25, 0.3) is 11.4 Å². The van der Waals surface area contributed by atoms with Crippen molar-refractivity contribution in [1.29, 1.82) is 5.26 Å². The second-order valence-corrected chi connectivity index (χ2v) is 6.66. The first-order valence-corrected chi connectivity index (χ1v) is 9.51. The van der Waals surface area contributed by atoms with E-state index in [9.17, 15) is 22.8 Å². The van der Waals surface area contributed by atoms with E-state index in [4.69, 9.17) is 10.00 Å². The van der Waals surface area contributed by atoms with Crippen molar-refractivity contribution in [3.63, 3.8) is 0 Å². The third-order valence-electron chi connectivity index (χ3n) is 4.36. The van der Waals surface area contributed by atoms with Gasteiger partial charge in [-0.15, -0.1) is 0 Å². The van der Waals surface area contributed by atoms with Crippen molar-refractivity contribution in [1.82, 2.24) is 15.0 Å². The zero-order valence-electron chi connectivity index (χ0n) is 17.4. The van der Waals surface area contributed by atoms with E-state index in [1.807, 2.05) is 0 Å². The van der Waals surface area contributed by atoms with Gasteiger partial charge in [0.1, 0.15) is 0 Å². The molecule has 12 heteroatoms. The number of hydrogen-bond acceptors (Lipinski definition) is 6. The quantitative estimate of drug-likeness (QED) is 0.528. The minimum Gasteiger partial charge on any atom is -0.488 e. The summed E-state index contributed by atoms with van der Waals surface area (Å²) < 4.78 is 44.5. The summed E-state index contributed by atoms with van der Waals surface area (Å²) in [4.78, 5) is 35.0. The molecular weight excluding hydrogens is 441 g/mol. The summed E-state index contributed by atoms with van der Waals surface area (Å²) in [6.07, 6.45) is -2.01. The zero-order chi connectivity index (χ0) is 24.2. The number of ether oxygens (including phenoxy) is 1. The Morgan fingerprint density at radius 3 is 2.67 bits per heavy atom.